The van der Waals surface area contributed by atoms with Crippen LogP contribution in [0.5, 0.6) is 0 Å². The first kappa shape index (κ1) is 12.9. The maximum atomic E-state index is 11.1. The third kappa shape index (κ3) is 6.42. The maximum absolute atomic E-state index is 11.1. The number of nitrogens with two attached hydrogens (primary N) is 1. The Hall–Kier alpha value is -1.10. The average molecular weight is 202 g/mol. The molecule has 0 fully saturated rings. The van der Waals surface area contributed by atoms with Crippen molar-refractivity contribution < 1.29 is 14.7 Å². The molecule has 0 heterocycles. The molecule has 0 aliphatic carbocycles. The van der Waals surface area contributed by atoms with Gasteiger partial charge in [0.15, 0.2) is 0 Å². The predicted molar refractivity (Wildman–Crippen MR) is 52.7 cm³/mol. The number of carboxylic acid groups (broad SMARTS) is 1. The summed E-state index contributed by atoms with van der Waals surface area (Å²) in [6.45, 7) is 3.31. The first-order valence-corrected chi connectivity index (χ1v) is 4.71. The molecule has 4 N–H and O–H groups in total. The predicted octanol–water partition coefficient (Wildman–Crippen LogP) is 0.0932. The molecule has 0 aromatic heterocycles. The first-order valence-electron chi connectivity index (χ1n) is 4.71. The molecule has 0 spiro atoms. The molecule has 0 rings (SSSR count). The summed E-state index contributed by atoms with van der Waals surface area (Å²) in [5.74, 6) is -1.26. The summed E-state index contributed by atoms with van der Waals surface area (Å²) in [6, 6.07) is -0.738. The van der Waals surface area contributed by atoms with Gasteiger partial charge in [0.05, 0.1) is 0 Å². The number of hydrogen-bond donors (Lipinski definition) is 3. The van der Waals surface area contributed by atoms with Crippen LogP contribution >= 0.6 is 0 Å². The van der Waals surface area contributed by atoms with Crippen LogP contribution < -0.4 is 11.1 Å². The average Bonchev–Trinajstić information content (AvgIpc) is 2.02. The van der Waals surface area contributed by atoms with Gasteiger partial charge in [-0.1, -0.05) is 0 Å². The van der Waals surface area contributed by atoms with Crippen molar-refractivity contribution in [2.24, 2.45) is 5.73 Å². The van der Waals surface area contributed by atoms with E-state index < -0.39 is 12.0 Å². The fourth-order valence-electron chi connectivity index (χ4n) is 0.960. The van der Waals surface area contributed by atoms with Crippen LogP contribution in [0.2, 0.25) is 0 Å². The summed E-state index contributed by atoms with van der Waals surface area (Å²) in [5.41, 5.74) is 5.50. The van der Waals surface area contributed by atoms with Gasteiger partial charge in [0.2, 0.25) is 5.91 Å². The molecule has 82 valence electrons. The van der Waals surface area contributed by atoms with Crippen LogP contribution in [0, 0.1) is 0 Å². The van der Waals surface area contributed by atoms with E-state index in [1.165, 1.54) is 6.92 Å². The molecule has 0 saturated carbocycles. The summed E-state index contributed by atoms with van der Waals surface area (Å²) in [7, 11) is 0. The van der Waals surface area contributed by atoms with Crippen molar-refractivity contribution in [2.45, 2.75) is 45.2 Å². The zero-order chi connectivity index (χ0) is 11.1. The van der Waals surface area contributed by atoms with E-state index in [0.717, 1.165) is 6.42 Å². The number of nitrogens with one attached hydrogen (secondary N) is 1. The van der Waals surface area contributed by atoms with E-state index in [9.17, 15) is 9.59 Å². The molecule has 0 aromatic carbocycles. The van der Waals surface area contributed by atoms with E-state index in [1.807, 2.05) is 6.92 Å². The van der Waals surface area contributed by atoms with Gasteiger partial charge in [0.25, 0.3) is 0 Å². The van der Waals surface area contributed by atoms with Gasteiger partial charge in [-0.25, -0.2) is 0 Å². The number of amides is 1. The molecule has 0 saturated heterocycles. The molecule has 0 aliphatic rings. The molecule has 0 bridgehead atoms. The molecular formula is C9H18N2O3. The summed E-state index contributed by atoms with van der Waals surface area (Å²) in [6.07, 6.45) is 1.80. The second-order valence-corrected chi connectivity index (χ2v) is 3.50. The van der Waals surface area contributed by atoms with Gasteiger partial charge < -0.3 is 16.2 Å². The maximum Gasteiger partial charge on any atom is 0.325 e. The van der Waals surface area contributed by atoms with Gasteiger partial charge in [-0.2, -0.15) is 0 Å². The molecule has 2 atom stereocenters. The van der Waals surface area contributed by atoms with Crippen molar-refractivity contribution in [1.82, 2.24) is 5.32 Å². The Morgan fingerprint density at radius 2 is 2.00 bits per heavy atom. The van der Waals surface area contributed by atoms with Crippen molar-refractivity contribution in [3.63, 3.8) is 0 Å². The summed E-state index contributed by atoms with van der Waals surface area (Å²) in [4.78, 5) is 21.5. The lowest BCUT2D eigenvalue weighted by Gasteiger charge is -2.09. The number of carbonyl (C=O) groups is 2. The Balaban J connectivity index is 3.60. The molecule has 0 aliphatic heterocycles. The van der Waals surface area contributed by atoms with E-state index in [2.05, 4.69) is 5.32 Å². The van der Waals surface area contributed by atoms with Crippen molar-refractivity contribution in [2.75, 3.05) is 0 Å². The van der Waals surface area contributed by atoms with Crippen LogP contribution in [0.1, 0.15) is 33.1 Å². The SMILES string of the molecule is CC(N)CCCC(=O)N[C@H](C)C(=O)O. The Morgan fingerprint density at radius 1 is 1.43 bits per heavy atom. The minimum atomic E-state index is -1.02. The minimum absolute atomic E-state index is 0.0831. The molecule has 1 amide bonds. The van der Waals surface area contributed by atoms with Gasteiger partial charge in [-0.05, 0) is 26.7 Å². The van der Waals surface area contributed by atoms with Gasteiger partial charge in [-0.15, -0.1) is 0 Å². The molecule has 0 radical (unpaired) electrons. The lowest BCUT2D eigenvalue weighted by molar-refractivity contribution is -0.141. The number of hydrogen-bond acceptors (Lipinski definition) is 3. The summed E-state index contributed by atoms with van der Waals surface area (Å²) in [5, 5.41) is 10.9. The molecule has 5 nitrogen and oxygen atoms in total. The number of carboxylic acids is 1. The molecule has 5 heteroatoms. The topological polar surface area (TPSA) is 92.4 Å². The molecular weight excluding hydrogens is 184 g/mol. The van der Waals surface area contributed by atoms with Gasteiger partial charge in [0, 0.05) is 12.5 Å². The molecule has 14 heavy (non-hydrogen) atoms. The lowest BCUT2D eigenvalue weighted by atomic mass is 10.1. The Kier molecular flexibility index (Phi) is 5.87. The number of rotatable bonds is 6. The molecule has 1 unspecified atom stereocenters. The van der Waals surface area contributed by atoms with Gasteiger partial charge in [-0.3, -0.25) is 9.59 Å². The standard InChI is InChI=1S/C9H18N2O3/c1-6(10)4-3-5-8(12)11-7(2)9(13)14/h6-7H,3-5,10H2,1-2H3,(H,11,12)(H,13,14)/t6?,7-/m1/s1. The normalized spacial score (nSPS) is 14.5. The van der Waals surface area contributed by atoms with E-state index in [-0.39, 0.29) is 11.9 Å². The van der Waals surface area contributed by atoms with Crippen molar-refractivity contribution in [1.29, 1.82) is 0 Å². The van der Waals surface area contributed by atoms with Crippen LogP contribution in [-0.4, -0.2) is 29.1 Å². The summed E-state index contributed by atoms with van der Waals surface area (Å²) < 4.78 is 0. The minimum Gasteiger partial charge on any atom is -0.480 e. The van der Waals surface area contributed by atoms with Crippen LogP contribution in [-0.2, 0) is 9.59 Å². The lowest BCUT2D eigenvalue weighted by Crippen LogP contribution is -2.38. The number of aliphatic carboxylic acids is 1. The Morgan fingerprint density at radius 3 is 2.43 bits per heavy atom. The monoisotopic (exact) mass is 202 g/mol. The van der Waals surface area contributed by atoms with Crippen molar-refractivity contribution >= 4 is 11.9 Å². The third-order valence-electron chi connectivity index (χ3n) is 1.81. The van der Waals surface area contributed by atoms with Crippen LogP contribution in [0.15, 0.2) is 0 Å². The first-order chi connectivity index (χ1) is 6.43. The van der Waals surface area contributed by atoms with Gasteiger partial charge >= 0.3 is 5.97 Å². The Bertz CT molecular complexity index is 204. The smallest absolute Gasteiger partial charge is 0.325 e. The Labute approximate surface area is 83.7 Å². The van der Waals surface area contributed by atoms with E-state index in [0.29, 0.717) is 12.8 Å². The van der Waals surface area contributed by atoms with Crippen LogP contribution in [0.3, 0.4) is 0 Å². The van der Waals surface area contributed by atoms with E-state index in [4.69, 9.17) is 10.8 Å². The highest BCUT2D eigenvalue weighted by molar-refractivity contribution is 5.83. The third-order valence-corrected chi connectivity index (χ3v) is 1.81. The number of carbonyl (C=O) groups excluding carboxylic acids is 1. The quantitative estimate of drug-likeness (QED) is 0.569. The fourth-order valence-corrected chi connectivity index (χ4v) is 0.960. The molecule has 0 aromatic rings. The second-order valence-electron chi connectivity index (χ2n) is 3.50. The highest BCUT2D eigenvalue weighted by Crippen LogP contribution is 1.98. The van der Waals surface area contributed by atoms with E-state index >= 15 is 0 Å². The van der Waals surface area contributed by atoms with E-state index in [1.54, 1.807) is 0 Å². The highest BCUT2D eigenvalue weighted by Gasteiger charge is 2.13. The summed E-state index contributed by atoms with van der Waals surface area (Å²) >= 11 is 0. The largest absolute Gasteiger partial charge is 0.480 e. The van der Waals surface area contributed by atoms with Crippen LogP contribution in [0.25, 0.3) is 0 Å². The second kappa shape index (κ2) is 6.37. The fraction of sp³-hybridized carbons (Fsp3) is 0.778. The zero-order valence-electron chi connectivity index (χ0n) is 8.62. The highest BCUT2D eigenvalue weighted by atomic mass is 16.4. The van der Waals surface area contributed by atoms with Crippen molar-refractivity contribution in [3.05, 3.63) is 0 Å². The van der Waals surface area contributed by atoms with Gasteiger partial charge in [0.1, 0.15) is 6.04 Å². The zero-order valence-corrected chi connectivity index (χ0v) is 8.62. The van der Waals surface area contributed by atoms with Crippen LogP contribution in [0.4, 0.5) is 0 Å². The van der Waals surface area contributed by atoms with Crippen molar-refractivity contribution in [3.8, 4) is 0 Å².